The van der Waals surface area contributed by atoms with E-state index in [-0.39, 0.29) is 5.69 Å². The SMILES string of the molecule is C/C(=C\c1sc(N(C)c2cc(C)c(Nc3nc4ccccc4s3)nn2)nc1C(=O)O)COc1ccccc1. The Hall–Kier alpha value is -4.35. The predicted molar refractivity (Wildman–Crippen MR) is 152 cm³/mol. The second-order valence-electron chi connectivity index (χ2n) is 8.51. The number of aryl methyl sites for hydroxylation is 1. The molecule has 11 heteroatoms. The monoisotopic (exact) mass is 544 g/mol. The van der Waals surface area contributed by atoms with Gasteiger partial charge in [-0.25, -0.2) is 14.8 Å². The molecule has 0 atom stereocenters. The lowest BCUT2D eigenvalue weighted by atomic mass is 10.2. The van der Waals surface area contributed by atoms with E-state index in [2.05, 4.69) is 25.5 Å². The molecule has 38 heavy (non-hydrogen) atoms. The molecular weight excluding hydrogens is 520 g/mol. The standard InChI is InChI=1S/C27H24N6O3S2/c1-16(15-36-18-9-5-4-6-10-18)13-21-23(25(34)35)29-27(38-21)33(3)22-14-17(2)24(32-31-22)30-26-28-19-11-7-8-12-20(19)37-26/h4-14H,15H2,1-3H3,(H,34,35)(H,28,30,32)/b16-13+. The number of para-hydroxylation sites is 2. The summed E-state index contributed by atoms with van der Waals surface area (Å²) >= 11 is 2.81. The topological polar surface area (TPSA) is 113 Å². The molecule has 2 N–H and O–H groups in total. The largest absolute Gasteiger partial charge is 0.489 e. The highest BCUT2D eigenvalue weighted by Crippen LogP contribution is 2.33. The number of carboxylic acid groups (broad SMARTS) is 1. The molecule has 0 saturated carbocycles. The minimum absolute atomic E-state index is 0.0188. The number of hydrogen-bond acceptors (Lipinski definition) is 10. The first-order valence-corrected chi connectivity index (χ1v) is 13.3. The number of anilines is 4. The minimum Gasteiger partial charge on any atom is -0.489 e. The Bertz CT molecular complexity index is 1600. The number of carbonyl (C=O) groups is 1. The lowest BCUT2D eigenvalue weighted by Gasteiger charge is -2.15. The van der Waals surface area contributed by atoms with Crippen molar-refractivity contribution in [3.63, 3.8) is 0 Å². The van der Waals surface area contributed by atoms with Crippen molar-refractivity contribution in [2.45, 2.75) is 13.8 Å². The zero-order valence-electron chi connectivity index (χ0n) is 20.9. The molecule has 0 bridgehead atoms. The first-order valence-electron chi connectivity index (χ1n) is 11.7. The van der Waals surface area contributed by atoms with Gasteiger partial charge in [0.15, 0.2) is 27.6 Å². The fraction of sp³-hybridized carbons (Fsp3) is 0.148. The van der Waals surface area contributed by atoms with Gasteiger partial charge >= 0.3 is 5.97 Å². The molecule has 0 saturated heterocycles. The van der Waals surface area contributed by atoms with Crippen LogP contribution in [-0.2, 0) is 0 Å². The third-order valence-corrected chi connectivity index (χ3v) is 7.58. The van der Waals surface area contributed by atoms with Crippen LogP contribution in [0.3, 0.4) is 0 Å². The molecule has 0 fully saturated rings. The summed E-state index contributed by atoms with van der Waals surface area (Å²) in [5.74, 6) is 0.798. The Morgan fingerprint density at radius 3 is 2.58 bits per heavy atom. The summed E-state index contributed by atoms with van der Waals surface area (Å²) in [4.78, 5) is 23.1. The normalized spacial score (nSPS) is 11.5. The zero-order chi connectivity index (χ0) is 26.6. The van der Waals surface area contributed by atoms with Crippen molar-refractivity contribution in [1.29, 1.82) is 0 Å². The van der Waals surface area contributed by atoms with Gasteiger partial charge in [-0.15, -0.1) is 10.2 Å². The average molecular weight is 545 g/mol. The van der Waals surface area contributed by atoms with E-state index in [9.17, 15) is 9.90 Å². The minimum atomic E-state index is -1.10. The number of ether oxygens (including phenoxy) is 1. The number of aromatic carboxylic acids is 1. The van der Waals surface area contributed by atoms with E-state index in [4.69, 9.17) is 4.74 Å². The second-order valence-corrected chi connectivity index (χ2v) is 10.6. The fourth-order valence-electron chi connectivity index (χ4n) is 3.58. The number of hydrogen-bond donors (Lipinski definition) is 2. The van der Waals surface area contributed by atoms with Crippen molar-refractivity contribution in [3.05, 3.63) is 82.4 Å². The van der Waals surface area contributed by atoms with Crippen LogP contribution in [-0.4, -0.2) is 44.9 Å². The third kappa shape index (κ3) is 5.63. The fourth-order valence-corrected chi connectivity index (χ4v) is 5.50. The zero-order valence-corrected chi connectivity index (χ0v) is 22.5. The molecule has 3 aromatic heterocycles. The molecule has 5 rings (SSSR count). The first kappa shape index (κ1) is 25.3. The summed E-state index contributed by atoms with van der Waals surface area (Å²) in [6, 6.07) is 19.3. The molecule has 0 unspecified atom stereocenters. The smallest absolute Gasteiger partial charge is 0.356 e. The van der Waals surface area contributed by atoms with Crippen molar-refractivity contribution in [2.75, 3.05) is 23.9 Å². The van der Waals surface area contributed by atoms with Gasteiger partial charge in [-0.2, -0.15) is 0 Å². The Balaban J connectivity index is 1.34. The third-order valence-electron chi connectivity index (χ3n) is 5.55. The molecule has 0 aliphatic heterocycles. The molecule has 0 spiro atoms. The van der Waals surface area contributed by atoms with Crippen molar-refractivity contribution in [1.82, 2.24) is 20.2 Å². The van der Waals surface area contributed by atoms with E-state index in [1.165, 1.54) is 11.3 Å². The maximum absolute atomic E-state index is 11.9. The van der Waals surface area contributed by atoms with Crippen LogP contribution in [0.5, 0.6) is 5.75 Å². The predicted octanol–water partition coefficient (Wildman–Crippen LogP) is 6.54. The lowest BCUT2D eigenvalue weighted by Crippen LogP contribution is -2.13. The van der Waals surface area contributed by atoms with Gasteiger partial charge in [0.1, 0.15) is 12.4 Å². The number of rotatable bonds is 9. The molecule has 5 aromatic rings. The van der Waals surface area contributed by atoms with E-state index >= 15 is 0 Å². The van der Waals surface area contributed by atoms with Gasteiger partial charge in [0.05, 0.1) is 15.1 Å². The van der Waals surface area contributed by atoms with E-state index in [0.717, 1.165) is 32.2 Å². The Labute approximate surface area is 227 Å². The van der Waals surface area contributed by atoms with Crippen molar-refractivity contribution < 1.29 is 14.6 Å². The van der Waals surface area contributed by atoms with Gasteiger partial charge in [0, 0.05) is 7.05 Å². The average Bonchev–Trinajstić information content (AvgIpc) is 3.53. The summed E-state index contributed by atoms with van der Waals surface area (Å²) in [6.07, 6.45) is 1.79. The Morgan fingerprint density at radius 2 is 1.84 bits per heavy atom. The highest BCUT2D eigenvalue weighted by atomic mass is 32.1. The van der Waals surface area contributed by atoms with Gasteiger partial charge in [-0.1, -0.05) is 53.0 Å². The number of nitrogens with one attached hydrogen (secondary N) is 1. The highest BCUT2D eigenvalue weighted by molar-refractivity contribution is 7.22. The molecule has 0 radical (unpaired) electrons. The number of benzene rings is 2. The van der Waals surface area contributed by atoms with Crippen LogP contribution in [0.2, 0.25) is 0 Å². The van der Waals surface area contributed by atoms with Gasteiger partial charge < -0.3 is 20.1 Å². The summed E-state index contributed by atoms with van der Waals surface area (Å²) in [5.41, 5.74) is 2.64. The number of aromatic nitrogens is 4. The summed E-state index contributed by atoms with van der Waals surface area (Å²) in [6.45, 7) is 4.15. The lowest BCUT2D eigenvalue weighted by molar-refractivity contribution is 0.0691. The maximum Gasteiger partial charge on any atom is 0.356 e. The van der Waals surface area contributed by atoms with Gasteiger partial charge in [0.2, 0.25) is 0 Å². The van der Waals surface area contributed by atoms with Crippen LogP contribution in [0.25, 0.3) is 16.3 Å². The second kappa shape index (κ2) is 11.0. The van der Waals surface area contributed by atoms with Crippen molar-refractivity contribution >= 4 is 66.8 Å². The molecule has 9 nitrogen and oxygen atoms in total. The number of fused-ring (bicyclic) bond motifs is 1. The molecule has 2 aromatic carbocycles. The first-order chi connectivity index (χ1) is 18.4. The molecule has 0 aliphatic carbocycles. The molecular formula is C27H24N6O3S2. The highest BCUT2D eigenvalue weighted by Gasteiger charge is 2.20. The van der Waals surface area contributed by atoms with Crippen LogP contribution in [0.15, 0.2) is 66.2 Å². The van der Waals surface area contributed by atoms with Gasteiger partial charge in [0.25, 0.3) is 0 Å². The quantitative estimate of drug-likeness (QED) is 0.213. The number of thiazole rings is 2. The summed E-state index contributed by atoms with van der Waals surface area (Å²) in [5, 5.41) is 22.9. The number of nitrogens with zero attached hydrogens (tertiary/aromatic N) is 5. The molecule has 0 aliphatic rings. The molecule has 192 valence electrons. The number of carboxylic acids is 1. The van der Waals surface area contributed by atoms with E-state index in [0.29, 0.717) is 28.3 Å². The maximum atomic E-state index is 11.9. The van der Waals surface area contributed by atoms with Crippen LogP contribution >= 0.6 is 22.7 Å². The molecule has 0 amide bonds. The van der Waals surface area contributed by atoms with Gasteiger partial charge in [-0.05, 0) is 61.4 Å². The van der Waals surface area contributed by atoms with Crippen LogP contribution in [0.4, 0.5) is 21.9 Å². The van der Waals surface area contributed by atoms with Gasteiger partial charge in [-0.3, -0.25) is 0 Å². The Morgan fingerprint density at radius 1 is 1.08 bits per heavy atom. The summed E-state index contributed by atoms with van der Waals surface area (Å²) < 4.78 is 6.86. The van der Waals surface area contributed by atoms with E-state index < -0.39 is 5.97 Å². The molecule has 3 heterocycles. The van der Waals surface area contributed by atoms with E-state index in [1.54, 1.807) is 29.4 Å². The van der Waals surface area contributed by atoms with Crippen molar-refractivity contribution in [2.24, 2.45) is 0 Å². The summed E-state index contributed by atoms with van der Waals surface area (Å²) in [7, 11) is 1.79. The van der Waals surface area contributed by atoms with Crippen molar-refractivity contribution in [3.8, 4) is 5.75 Å². The van der Waals surface area contributed by atoms with Crippen LogP contribution < -0.4 is 15.0 Å². The Kier molecular flexibility index (Phi) is 7.29. The van der Waals surface area contributed by atoms with Crippen LogP contribution in [0.1, 0.15) is 27.9 Å². The van der Waals surface area contributed by atoms with E-state index in [1.807, 2.05) is 74.5 Å². The van der Waals surface area contributed by atoms with Crippen LogP contribution in [0, 0.1) is 6.92 Å².